The molecule has 0 aromatic heterocycles. The molecule has 2 N–H and O–H groups in total. The fourth-order valence-electron chi connectivity index (χ4n) is 1.85. The van der Waals surface area contributed by atoms with Crippen LogP contribution in [0.2, 0.25) is 0 Å². The maximum Gasteiger partial charge on any atom is 0.490 e. The van der Waals surface area contributed by atoms with Crippen LogP contribution in [-0.2, 0) is 19.4 Å². The molecule has 1 fully saturated rings. The Hall–Kier alpha value is -0.830. The van der Waals surface area contributed by atoms with Gasteiger partial charge in [0.2, 0.25) is 0 Å². The van der Waals surface area contributed by atoms with Crippen LogP contribution >= 0.6 is 0 Å². The quantitative estimate of drug-likeness (QED) is 0.598. The normalized spacial score (nSPS) is 29.9. The van der Waals surface area contributed by atoms with Crippen LogP contribution < -0.4 is 5.73 Å². The summed E-state index contributed by atoms with van der Waals surface area (Å²) >= 11 is 0. The lowest BCUT2D eigenvalue weighted by molar-refractivity contribution is -0.216. The van der Waals surface area contributed by atoms with Gasteiger partial charge in [-0.25, -0.2) is 13.2 Å². The van der Waals surface area contributed by atoms with Crippen LogP contribution in [0.15, 0.2) is 0 Å². The topological polar surface area (TPSA) is 86.5 Å². The minimum absolute atomic E-state index is 0.0838. The van der Waals surface area contributed by atoms with E-state index in [1.165, 1.54) is 0 Å². The molecule has 0 bridgehead atoms. The van der Waals surface area contributed by atoms with Crippen molar-refractivity contribution < 1.29 is 31.1 Å². The third-order valence-corrected chi connectivity index (χ3v) is 4.59. The molecule has 0 spiro atoms. The molecule has 0 aromatic rings. The van der Waals surface area contributed by atoms with Gasteiger partial charge in [0.1, 0.15) is 9.84 Å². The Bertz CT molecular complexity index is 424. The van der Waals surface area contributed by atoms with E-state index in [9.17, 15) is 26.4 Å². The summed E-state index contributed by atoms with van der Waals surface area (Å²) in [5.41, 5.74) is 3.80. The van der Waals surface area contributed by atoms with E-state index >= 15 is 0 Å². The lowest BCUT2D eigenvalue weighted by Gasteiger charge is -2.35. The predicted octanol–water partition coefficient (Wildman–Crippen LogP) is 0.734. The van der Waals surface area contributed by atoms with Crippen LogP contribution in [0.3, 0.4) is 0 Å². The van der Waals surface area contributed by atoms with Gasteiger partial charge < -0.3 is 4.74 Å². The molecule has 0 radical (unpaired) electrons. The third kappa shape index (κ3) is 3.84. The number of carbonyl (C=O) groups is 1. The summed E-state index contributed by atoms with van der Waals surface area (Å²) in [4.78, 5) is 10.7. The number of ether oxygens (including phenoxy) is 1. The lowest BCUT2D eigenvalue weighted by atomic mass is 9.92. The average molecular weight is 289 g/mol. The first-order valence-electron chi connectivity index (χ1n) is 5.22. The van der Waals surface area contributed by atoms with Crippen LogP contribution in [-0.4, -0.2) is 37.8 Å². The molecule has 1 aliphatic carbocycles. The number of hydrogen-bond donors (Lipinski definition) is 1. The molecule has 5 nitrogen and oxygen atoms in total. The van der Waals surface area contributed by atoms with Crippen molar-refractivity contribution in [3.05, 3.63) is 0 Å². The maximum atomic E-state index is 12.0. The Morgan fingerprint density at radius 3 is 2.11 bits per heavy atom. The SMILES string of the molecule is CS(=O)(=O)[C@H]1CC[C@@](N)(OC(=O)C(F)(F)F)CC1. The van der Waals surface area contributed by atoms with Crippen molar-refractivity contribution in [2.45, 2.75) is 42.8 Å². The number of carbonyl (C=O) groups excluding carboxylic acids is 1. The van der Waals surface area contributed by atoms with E-state index in [-0.39, 0.29) is 25.7 Å². The zero-order chi connectivity index (χ0) is 14.2. The predicted molar refractivity (Wildman–Crippen MR) is 56.2 cm³/mol. The molecule has 0 saturated heterocycles. The molecule has 1 rings (SSSR count). The van der Waals surface area contributed by atoms with Crippen molar-refractivity contribution in [1.29, 1.82) is 0 Å². The second kappa shape index (κ2) is 4.69. The van der Waals surface area contributed by atoms with Crippen molar-refractivity contribution in [3.8, 4) is 0 Å². The van der Waals surface area contributed by atoms with Gasteiger partial charge in [0, 0.05) is 19.1 Å². The second-order valence-corrected chi connectivity index (χ2v) is 6.81. The summed E-state index contributed by atoms with van der Waals surface area (Å²) in [6, 6.07) is 0. The van der Waals surface area contributed by atoms with Crippen molar-refractivity contribution in [2.75, 3.05) is 6.26 Å². The van der Waals surface area contributed by atoms with E-state index < -0.39 is 33.0 Å². The summed E-state index contributed by atoms with van der Waals surface area (Å²) in [7, 11) is -3.25. The maximum absolute atomic E-state index is 12.0. The molecule has 0 amide bonds. The molecule has 0 unspecified atom stereocenters. The van der Waals surface area contributed by atoms with Gasteiger partial charge >= 0.3 is 12.1 Å². The first-order chi connectivity index (χ1) is 7.94. The van der Waals surface area contributed by atoms with Crippen LogP contribution in [0.1, 0.15) is 25.7 Å². The summed E-state index contributed by atoms with van der Waals surface area (Å²) in [5.74, 6) is -2.34. The first kappa shape index (κ1) is 15.2. The summed E-state index contributed by atoms with van der Waals surface area (Å²) in [5, 5.41) is -0.640. The van der Waals surface area contributed by atoms with Crippen molar-refractivity contribution in [2.24, 2.45) is 5.73 Å². The monoisotopic (exact) mass is 289 g/mol. The second-order valence-electron chi connectivity index (χ2n) is 4.48. The van der Waals surface area contributed by atoms with Crippen molar-refractivity contribution in [1.82, 2.24) is 0 Å². The van der Waals surface area contributed by atoms with Crippen LogP contribution in [0.5, 0.6) is 0 Å². The van der Waals surface area contributed by atoms with Crippen LogP contribution in [0.25, 0.3) is 0 Å². The van der Waals surface area contributed by atoms with E-state index in [1.54, 1.807) is 0 Å². The summed E-state index contributed by atoms with van der Waals surface area (Å²) in [6.07, 6.45) is -4.08. The Kier molecular flexibility index (Phi) is 3.97. The molecule has 0 heterocycles. The molecule has 0 atom stereocenters. The zero-order valence-electron chi connectivity index (χ0n) is 9.66. The number of nitrogens with two attached hydrogens (primary N) is 1. The van der Waals surface area contributed by atoms with E-state index in [0.29, 0.717) is 0 Å². The van der Waals surface area contributed by atoms with E-state index in [4.69, 9.17) is 5.73 Å². The highest BCUT2D eigenvalue weighted by Gasteiger charge is 2.47. The van der Waals surface area contributed by atoms with E-state index in [2.05, 4.69) is 4.74 Å². The van der Waals surface area contributed by atoms with Gasteiger partial charge in [0.25, 0.3) is 0 Å². The summed E-state index contributed by atoms with van der Waals surface area (Å²) < 4.78 is 62.8. The van der Waals surface area contributed by atoms with Crippen LogP contribution in [0, 0.1) is 0 Å². The highest BCUT2D eigenvalue weighted by Crippen LogP contribution is 2.32. The van der Waals surface area contributed by atoms with Crippen LogP contribution in [0.4, 0.5) is 13.2 Å². The molecule has 1 saturated carbocycles. The van der Waals surface area contributed by atoms with E-state index in [0.717, 1.165) is 6.26 Å². The molecular weight excluding hydrogens is 275 g/mol. The van der Waals surface area contributed by atoms with E-state index in [1.807, 2.05) is 0 Å². The zero-order valence-corrected chi connectivity index (χ0v) is 10.5. The lowest BCUT2D eigenvalue weighted by Crippen LogP contribution is -2.51. The molecule has 0 aliphatic heterocycles. The molecule has 0 aromatic carbocycles. The van der Waals surface area contributed by atoms with Gasteiger partial charge in [0.15, 0.2) is 5.72 Å². The summed E-state index contributed by atoms with van der Waals surface area (Å²) in [6.45, 7) is 0. The third-order valence-electron chi connectivity index (χ3n) is 2.91. The van der Waals surface area contributed by atoms with Gasteiger partial charge in [-0.05, 0) is 12.8 Å². The fraction of sp³-hybridized carbons (Fsp3) is 0.889. The molecule has 1 aliphatic rings. The average Bonchev–Trinajstić information content (AvgIpc) is 2.14. The number of rotatable bonds is 2. The van der Waals surface area contributed by atoms with Gasteiger partial charge in [-0.15, -0.1) is 0 Å². The first-order valence-corrected chi connectivity index (χ1v) is 7.17. The van der Waals surface area contributed by atoms with Gasteiger partial charge in [-0.3, -0.25) is 5.73 Å². The largest absolute Gasteiger partial charge is 0.490 e. The Morgan fingerprint density at radius 1 is 1.33 bits per heavy atom. The molecule has 18 heavy (non-hydrogen) atoms. The van der Waals surface area contributed by atoms with Crippen molar-refractivity contribution >= 4 is 15.8 Å². The number of hydrogen-bond acceptors (Lipinski definition) is 5. The highest BCUT2D eigenvalue weighted by atomic mass is 32.2. The number of sulfone groups is 1. The Morgan fingerprint density at radius 2 is 1.78 bits per heavy atom. The van der Waals surface area contributed by atoms with Crippen molar-refractivity contribution in [3.63, 3.8) is 0 Å². The smallest absolute Gasteiger partial charge is 0.437 e. The highest BCUT2D eigenvalue weighted by molar-refractivity contribution is 7.91. The fourth-order valence-corrected chi connectivity index (χ4v) is 2.94. The van der Waals surface area contributed by atoms with Gasteiger partial charge in [-0.2, -0.15) is 13.2 Å². The van der Waals surface area contributed by atoms with Gasteiger partial charge in [0.05, 0.1) is 5.25 Å². The number of esters is 1. The Balaban J connectivity index is 2.63. The van der Waals surface area contributed by atoms with Gasteiger partial charge in [-0.1, -0.05) is 0 Å². The standard InChI is InChI=1S/C9H14F3NO4S/c1-18(15,16)6-2-4-8(13,5-3-6)17-7(14)9(10,11)12/h6H,2-5,13H2,1H3/t6-,8+. The Labute approximate surface area is 102 Å². The molecule has 9 heteroatoms. The number of alkyl halides is 3. The minimum Gasteiger partial charge on any atom is -0.437 e. The molecule has 106 valence electrons. The molecular formula is C9H14F3NO4S. The number of halogens is 3. The minimum atomic E-state index is -5.10.